The molecule has 0 saturated carbocycles. The van der Waals surface area contributed by atoms with Gasteiger partial charge in [-0.2, -0.15) is 0 Å². The van der Waals surface area contributed by atoms with Crippen LogP contribution in [-0.4, -0.2) is 23.9 Å². The third-order valence-corrected chi connectivity index (χ3v) is 5.17. The number of aryl methyl sites for hydroxylation is 1. The van der Waals surface area contributed by atoms with Gasteiger partial charge in [0.05, 0.1) is 16.3 Å². The number of anilines is 1. The molecular formula is C21H18BrClN2O4. The van der Waals surface area contributed by atoms with E-state index in [4.69, 9.17) is 16.3 Å². The van der Waals surface area contributed by atoms with Gasteiger partial charge < -0.3 is 4.74 Å². The van der Waals surface area contributed by atoms with Gasteiger partial charge in [0.1, 0.15) is 11.3 Å². The summed E-state index contributed by atoms with van der Waals surface area (Å²) in [5, 5.41) is 2.61. The quantitative estimate of drug-likeness (QED) is 0.504. The van der Waals surface area contributed by atoms with Crippen molar-refractivity contribution in [2.75, 3.05) is 4.90 Å². The number of amides is 4. The van der Waals surface area contributed by atoms with Crippen LogP contribution in [0.1, 0.15) is 25.0 Å². The van der Waals surface area contributed by atoms with Crippen molar-refractivity contribution in [2.45, 2.75) is 26.9 Å². The van der Waals surface area contributed by atoms with E-state index in [1.54, 1.807) is 30.3 Å². The third-order valence-electron chi connectivity index (χ3n) is 4.14. The largest absolute Gasteiger partial charge is 0.490 e. The molecule has 0 bridgehead atoms. The van der Waals surface area contributed by atoms with E-state index < -0.39 is 17.8 Å². The van der Waals surface area contributed by atoms with Gasteiger partial charge in [0.15, 0.2) is 0 Å². The van der Waals surface area contributed by atoms with E-state index in [0.717, 1.165) is 10.5 Å². The van der Waals surface area contributed by atoms with E-state index in [9.17, 15) is 14.4 Å². The molecule has 0 atom stereocenters. The molecule has 8 heteroatoms. The van der Waals surface area contributed by atoms with Gasteiger partial charge in [-0.3, -0.25) is 14.9 Å². The maximum absolute atomic E-state index is 12.9. The summed E-state index contributed by atoms with van der Waals surface area (Å²) in [7, 11) is 0. The van der Waals surface area contributed by atoms with Crippen LogP contribution in [0.3, 0.4) is 0 Å². The fourth-order valence-corrected chi connectivity index (χ4v) is 3.40. The molecule has 0 unspecified atom stereocenters. The topological polar surface area (TPSA) is 75.7 Å². The summed E-state index contributed by atoms with van der Waals surface area (Å²) in [6.45, 7) is 5.64. The van der Waals surface area contributed by atoms with Crippen LogP contribution in [0.5, 0.6) is 5.75 Å². The second kappa shape index (κ2) is 8.39. The van der Waals surface area contributed by atoms with Crippen molar-refractivity contribution in [2.24, 2.45) is 0 Å². The van der Waals surface area contributed by atoms with Crippen LogP contribution in [0, 0.1) is 6.92 Å². The Balaban J connectivity index is 1.97. The molecule has 1 N–H and O–H groups in total. The van der Waals surface area contributed by atoms with E-state index in [1.807, 2.05) is 20.8 Å². The van der Waals surface area contributed by atoms with E-state index in [2.05, 4.69) is 21.2 Å². The molecule has 1 aliphatic heterocycles. The smallest absolute Gasteiger partial charge is 0.335 e. The van der Waals surface area contributed by atoms with Gasteiger partial charge in [0, 0.05) is 5.02 Å². The lowest BCUT2D eigenvalue weighted by atomic mass is 10.1. The number of halogens is 2. The van der Waals surface area contributed by atoms with Gasteiger partial charge in [-0.25, -0.2) is 9.69 Å². The maximum atomic E-state index is 12.9. The van der Waals surface area contributed by atoms with Gasteiger partial charge in [0.2, 0.25) is 0 Å². The zero-order valence-electron chi connectivity index (χ0n) is 16.0. The van der Waals surface area contributed by atoms with E-state index in [1.165, 1.54) is 12.1 Å². The standard InChI is InChI=1S/C21H18BrClN2O4/c1-11(2)29-18-7-5-13(9-16(18)22)8-15-19(26)24-21(28)25(20(15)27)14-6-4-12(3)17(23)10-14/h4-11H,1-3H3,(H,24,26,28)/b15-8+. The summed E-state index contributed by atoms with van der Waals surface area (Å²) in [6, 6.07) is 9.18. The molecule has 2 aromatic rings. The third kappa shape index (κ3) is 4.52. The van der Waals surface area contributed by atoms with Gasteiger partial charge in [-0.05, 0) is 78.2 Å². The predicted octanol–water partition coefficient (Wildman–Crippen LogP) is 4.86. The Labute approximate surface area is 181 Å². The van der Waals surface area contributed by atoms with Crippen LogP contribution in [-0.2, 0) is 9.59 Å². The van der Waals surface area contributed by atoms with Gasteiger partial charge in [-0.15, -0.1) is 0 Å². The molecule has 150 valence electrons. The van der Waals surface area contributed by atoms with Crippen LogP contribution >= 0.6 is 27.5 Å². The van der Waals surface area contributed by atoms with Gasteiger partial charge in [0.25, 0.3) is 11.8 Å². The molecule has 6 nitrogen and oxygen atoms in total. The van der Waals surface area contributed by atoms with Crippen molar-refractivity contribution in [1.82, 2.24) is 5.32 Å². The summed E-state index contributed by atoms with van der Waals surface area (Å²) in [4.78, 5) is 38.4. The van der Waals surface area contributed by atoms with Crippen molar-refractivity contribution in [1.29, 1.82) is 0 Å². The van der Waals surface area contributed by atoms with Crippen molar-refractivity contribution >= 4 is 57.1 Å². The number of nitrogens with zero attached hydrogens (tertiary/aromatic N) is 1. The number of benzene rings is 2. The molecule has 1 aliphatic rings. The number of imide groups is 2. The number of carbonyl (C=O) groups is 3. The number of rotatable bonds is 4. The Morgan fingerprint density at radius 3 is 2.48 bits per heavy atom. The number of barbiturate groups is 1. The van der Waals surface area contributed by atoms with Crippen LogP contribution in [0.4, 0.5) is 10.5 Å². The second-order valence-corrected chi connectivity index (χ2v) is 8.01. The van der Waals surface area contributed by atoms with Crippen molar-refractivity contribution in [3.8, 4) is 5.75 Å². The van der Waals surface area contributed by atoms with Crippen molar-refractivity contribution < 1.29 is 19.1 Å². The summed E-state index contributed by atoms with van der Waals surface area (Å²) in [5.74, 6) is -0.835. The zero-order valence-corrected chi connectivity index (χ0v) is 18.3. The minimum absolute atomic E-state index is 0.00195. The van der Waals surface area contributed by atoms with Crippen LogP contribution in [0.15, 0.2) is 46.4 Å². The molecule has 4 amide bonds. The Hall–Kier alpha value is -2.64. The molecule has 0 aromatic heterocycles. The predicted molar refractivity (Wildman–Crippen MR) is 115 cm³/mol. The van der Waals surface area contributed by atoms with E-state index in [-0.39, 0.29) is 17.4 Å². The number of hydrogen-bond acceptors (Lipinski definition) is 4. The normalized spacial score (nSPS) is 15.9. The highest BCUT2D eigenvalue weighted by atomic mass is 79.9. The lowest BCUT2D eigenvalue weighted by Gasteiger charge is -2.26. The molecule has 3 rings (SSSR count). The molecular weight excluding hydrogens is 460 g/mol. The Kier molecular flexibility index (Phi) is 6.10. The minimum Gasteiger partial charge on any atom is -0.490 e. The molecule has 1 saturated heterocycles. The Bertz CT molecular complexity index is 1050. The average molecular weight is 478 g/mol. The molecule has 1 fully saturated rings. The molecule has 0 spiro atoms. The highest BCUT2D eigenvalue weighted by Gasteiger charge is 2.37. The minimum atomic E-state index is -0.820. The first kappa shape index (κ1) is 21.1. The Morgan fingerprint density at radius 1 is 1.14 bits per heavy atom. The lowest BCUT2D eigenvalue weighted by molar-refractivity contribution is -0.122. The Morgan fingerprint density at radius 2 is 1.86 bits per heavy atom. The highest BCUT2D eigenvalue weighted by Crippen LogP contribution is 2.29. The van der Waals surface area contributed by atoms with E-state index >= 15 is 0 Å². The van der Waals surface area contributed by atoms with Gasteiger partial charge in [-0.1, -0.05) is 23.7 Å². The molecule has 0 aliphatic carbocycles. The molecule has 29 heavy (non-hydrogen) atoms. The van der Waals surface area contributed by atoms with E-state index in [0.29, 0.717) is 20.8 Å². The van der Waals surface area contributed by atoms with Crippen LogP contribution < -0.4 is 15.0 Å². The van der Waals surface area contributed by atoms with Crippen molar-refractivity contribution in [3.63, 3.8) is 0 Å². The number of nitrogens with one attached hydrogen (secondary N) is 1. The number of ether oxygens (including phenoxy) is 1. The maximum Gasteiger partial charge on any atom is 0.335 e. The molecule has 1 heterocycles. The first-order chi connectivity index (χ1) is 13.7. The first-order valence-corrected chi connectivity index (χ1v) is 9.98. The second-order valence-electron chi connectivity index (χ2n) is 6.75. The fourth-order valence-electron chi connectivity index (χ4n) is 2.74. The van der Waals surface area contributed by atoms with Crippen LogP contribution in [0.25, 0.3) is 6.08 Å². The summed E-state index contributed by atoms with van der Waals surface area (Å²) in [5.41, 5.74) is 1.53. The van der Waals surface area contributed by atoms with Crippen LogP contribution in [0.2, 0.25) is 5.02 Å². The lowest BCUT2D eigenvalue weighted by Crippen LogP contribution is -2.54. The molecule has 0 radical (unpaired) electrons. The number of carbonyl (C=O) groups excluding carboxylic acids is 3. The zero-order chi connectivity index (χ0) is 21.3. The number of urea groups is 1. The summed E-state index contributed by atoms with van der Waals surface area (Å²) in [6.07, 6.45) is 1.43. The highest BCUT2D eigenvalue weighted by molar-refractivity contribution is 9.10. The van der Waals surface area contributed by atoms with Crippen molar-refractivity contribution in [3.05, 3.63) is 62.6 Å². The summed E-state index contributed by atoms with van der Waals surface area (Å²) < 4.78 is 6.35. The summed E-state index contributed by atoms with van der Waals surface area (Å²) >= 11 is 9.55. The first-order valence-electron chi connectivity index (χ1n) is 8.81. The SMILES string of the molecule is Cc1ccc(N2C(=O)NC(=O)/C(=C\c3ccc(OC(C)C)c(Br)c3)C2=O)cc1Cl. The van der Waals surface area contributed by atoms with Gasteiger partial charge >= 0.3 is 6.03 Å². The fraction of sp³-hybridized carbons (Fsp3) is 0.190. The monoisotopic (exact) mass is 476 g/mol. The average Bonchev–Trinajstić information content (AvgIpc) is 2.63. The number of hydrogen-bond donors (Lipinski definition) is 1. The molecule has 2 aromatic carbocycles.